The fourth-order valence-electron chi connectivity index (χ4n) is 2.70. The molecule has 0 spiro atoms. The molecule has 1 unspecified atom stereocenters. The highest BCUT2D eigenvalue weighted by Crippen LogP contribution is 2.27. The van der Waals surface area contributed by atoms with E-state index < -0.39 is 0 Å². The molecule has 0 saturated carbocycles. The van der Waals surface area contributed by atoms with E-state index in [1.165, 1.54) is 23.3 Å². The molecule has 1 N–H and O–H groups in total. The maximum atomic E-state index is 13.2. The van der Waals surface area contributed by atoms with Gasteiger partial charge in [0.05, 0.1) is 6.04 Å². The van der Waals surface area contributed by atoms with Crippen LogP contribution in [-0.2, 0) is 13.0 Å². The molecule has 0 radical (unpaired) electrons. The van der Waals surface area contributed by atoms with E-state index in [0.717, 1.165) is 13.0 Å². The van der Waals surface area contributed by atoms with Gasteiger partial charge in [-0.3, -0.25) is 0 Å². The van der Waals surface area contributed by atoms with Gasteiger partial charge in [0.2, 0.25) is 5.89 Å². The fraction of sp³-hybridized carbons (Fsp3) is 0.188. The Bertz CT molecular complexity index is 781. The van der Waals surface area contributed by atoms with Crippen LogP contribution in [0.15, 0.2) is 46.9 Å². The smallest absolute Gasteiger partial charge is 0.212 e. The number of halogens is 1. The van der Waals surface area contributed by atoms with Crippen molar-refractivity contribution < 1.29 is 8.81 Å². The van der Waals surface area contributed by atoms with Gasteiger partial charge in [-0.25, -0.2) is 9.37 Å². The van der Waals surface area contributed by atoms with E-state index in [0.29, 0.717) is 17.0 Å². The van der Waals surface area contributed by atoms with Gasteiger partial charge in [-0.2, -0.15) is 0 Å². The van der Waals surface area contributed by atoms with E-state index in [-0.39, 0.29) is 11.9 Å². The molecule has 2 aromatic carbocycles. The third-order valence-corrected chi connectivity index (χ3v) is 3.75. The normalized spacial score (nSPS) is 18.1. The van der Waals surface area contributed by atoms with Gasteiger partial charge in [0, 0.05) is 12.6 Å². The molecular weight excluding hydrogens is 255 g/mol. The number of nitrogens with zero attached hydrogens (tertiary/aromatic N) is 1. The molecule has 0 fully saturated rings. The molecule has 3 nitrogen and oxygen atoms in total. The minimum absolute atomic E-state index is 0.0420. The van der Waals surface area contributed by atoms with Crippen molar-refractivity contribution in [3.05, 3.63) is 65.3 Å². The zero-order chi connectivity index (χ0) is 13.5. The molecule has 1 aromatic heterocycles. The predicted octanol–water partition coefficient (Wildman–Crippen LogP) is 3.35. The second kappa shape index (κ2) is 4.42. The first-order chi connectivity index (χ1) is 9.79. The van der Waals surface area contributed by atoms with E-state index in [2.05, 4.69) is 22.4 Å². The Kier molecular flexibility index (Phi) is 2.57. The Balaban J connectivity index is 1.70. The highest BCUT2D eigenvalue weighted by Gasteiger charge is 2.23. The molecule has 3 aromatic rings. The minimum Gasteiger partial charge on any atom is -0.439 e. The highest BCUT2D eigenvalue weighted by atomic mass is 19.1. The van der Waals surface area contributed by atoms with Gasteiger partial charge in [-0.15, -0.1) is 0 Å². The zero-order valence-corrected chi connectivity index (χ0v) is 10.8. The summed E-state index contributed by atoms with van der Waals surface area (Å²) >= 11 is 0. The highest BCUT2D eigenvalue weighted by molar-refractivity contribution is 5.72. The van der Waals surface area contributed by atoms with Gasteiger partial charge in [0.15, 0.2) is 5.58 Å². The number of aromatic nitrogens is 1. The Labute approximate surface area is 115 Å². The van der Waals surface area contributed by atoms with Crippen molar-refractivity contribution in [3.8, 4) is 0 Å². The van der Waals surface area contributed by atoms with Crippen molar-refractivity contribution in [2.45, 2.75) is 19.0 Å². The maximum Gasteiger partial charge on any atom is 0.212 e. The molecule has 2 heterocycles. The summed E-state index contributed by atoms with van der Waals surface area (Å²) < 4.78 is 18.9. The van der Waals surface area contributed by atoms with Crippen LogP contribution in [0.4, 0.5) is 4.39 Å². The number of nitrogens with one attached hydrogen (secondary N) is 1. The van der Waals surface area contributed by atoms with Crippen LogP contribution >= 0.6 is 0 Å². The van der Waals surface area contributed by atoms with Gasteiger partial charge in [-0.05, 0) is 29.7 Å². The molecule has 20 heavy (non-hydrogen) atoms. The molecule has 4 rings (SSSR count). The summed E-state index contributed by atoms with van der Waals surface area (Å²) in [6, 6.07) is 12.8. The lowest BCUT2D eigenvalue weighted by atomic mass is 9.96. The lowest BCUT2D eigenvalue weighted by Crippen LogP contribution is -2.28. The predicted molar refractivity (Wildman–Crippen MR) is 73.7 cm³/mol. The molecule has 1 aliphatic heterocycles. The van der Waals surface area contributed by atoms with Crippen molar-refractivity contribution in [2.24, 2.45) is 0 Å². The molecule has 100 valence electrons. The van der Waals surface area contributed by atoms with E-state index in [1.807, 2.05) is 12.1 Å². The van der Waals surface area contributed by atoms with Gasteiger partial charge in [-0.1, -0.05) is 24.3 Å². The topological polar surface area (TPSA) is 38.1 Å². The summed E-state index contributed by atoms with van der Waals surface area (Å²) in [7, 11) is 0. The first-order valence-corrected chi connectivity index (χ1v) is 6.66. The first kappa shape index (κ1) is 11.6. The van der Waals surface area contributed by atoms with E-state index in [1.54, 1.807) is 6.07 Å². The van der Waals surface area contributed by atoms with E-state index in [4.69, 9.17) is 4.42 Å². The van der Waals surface area contributed by atoms with Crippen LogP contribution in [0.25, 0.3) is 11.1 Å². The van der Waals surface area contributed by atoms with Crippen LogP contribution in [0.3, 0.4) is 0 Å². The summed E-state index contributed by atoms with van der Waals surface area (Å²) in [5.74, 6) is 0.333. The zero-order valence-electron chi connectivity index (χ0n) is 10.8. The maximum absolute atomic E-state index is 13.2. The molecule has 0 bridgehead atoms. The quantitative estimate of drug-likeness (QED) is 0.735. The van der Waals surface area contributed by atoms with E-state index in [9.17, 15) is 4.39 Å². The van der Waals surface area contributed by atoms with Gasteiger partial charge in [0.25, 0.3) is 0 Å². The molecule has 1 atom stereocenters. The van der Waals surface area contributed by atoms with Gasteiger partial charge < -0.3 is 9.73 Å². The van der Waals surface area contributed by atoms with Crippen molar-refractivity contribution in [2.75, 3.05) is 0 Å². The third kappa shape index (κ3) is 1.89. The number of fused-ring (bicyclic) bond motifs is 2. The molecule has 4 heteroatoms. The summed E-state index contributed by atoms with van der Waals surface area (Å²) in [5, 5.41) is 3.42. The average Bonchev–Trinajstić information content (AvgIpc) is 2.89. The average molecular weight is 268 g/mol. The number of benzene rings is 2. The number of hydrogen-bond acceptors (Lipinski definition) is 3. The van der Waals surface area contributed by atoms with Crippen molar-refractivity contribution in [1.29, 1.82) is 0 Å². The SMILES string of the molecule is Fc1ccc2oc(C3Cc4ccccc4CN3)nc2c1. The Hall–Kier alpha value is -2.20. The van der Waals surface area contributed by atoms with Crippen molar-refractivity contribution in [1.82, 2.24) is 10.3 Å². The molecule has 1 aliphatic rings. The number of rotatable bonds is 1. The standard InChI is InChI=1S/C16H13FN2O/c17-12-5-6-15-13(8-12)19-16(20-15)14-7-10-3-1-2-4-11(10)9-18-14/h1-6,8,14,18H,7,9H2. The van der Waals surface area contributed by atoms with Gasteiger partial charge in [0.1, 0.15) is 11.3 Å². The lowest BCUT2D eigenvalue weighted by Gasteiger charge is -2.23. The monoisotopic (exact) mass is 268 g/mol. The first-order valence-electron chi connectivity index (χ1n) is 6.66. The second-order valence-corrected chi connectivity index (χ2v) is 5.07. The van der Waals surface area contributed by atoms with Gasteiger partial charge >= 0.3 is 0 Å². The van der Waals surface area contributed by atoms with Crippen LogP contribution in [0, 0.1) is 5.82 Å². The summed E-state index contributed by atoms with van der Waals surface area (Å²) in [6.45, 7) is 0.800. The summed E-state index contributed by atoms with van der Waals surface area (Å²) in [6.07, 6.45) is 0.839. The molecule has 0 aliphatic carbocycles. The van der Waals surface area contributed by atoms with Crippen molar-refractivity contribution >= 4 is 11.1 Å². The summed E-state index contributed by atoms with van der Waals surface area (Å²) in [4.78, 5) is 4.40. The molecular formula is C16H13FN2O. The van der Waals surface area contributed by atoms with Crippen LogP contribution in [-0.4, -0.2) is 4.98 Å². The second-order valence-electron chi connectivity index (χ2n) is 5.07. The van der Waals surface area contributed by atoms with Crippen LogP contribution in [0.5, 0.6) is 0 Å². The fourth-order valence-corrected chi connectivity index (χ4v) is 2.70. The van der Waals surface area contributed by atoms with Crippen LogP contribution < -0.4 is 5.32 Å². The minimum atomic E-state index is -0.292. The third-order valence-electron chi connectivity index (χ3n) is 3.75. The Morgan fingerprint density at radius 2 is 2.00 bits per heavy atom. The Morgan fingerprint density at radius 1 is 1.15 bits per heavy atom. The van der Waals surface area contributed by atoms with E-state index >= 15 is 0 Å². The number of hydrogen-bond donors (Lipinski definition) is 1. The van der Waals surface area contributed by atoms with Crippen molar-refractivity contribution in [3.63, 3.8) is 0 Å². The Morgan fingerprint density at radius 3 is 2.90 bits per heavy atom. The number of oxazole rings is 1. The molecule has 0 saturated heterocycles. The largest absolute Gasteiger partial charge is 0.439 e. The summed E-state index contributed by atoms with van der Waals surface area (Å²) in [5.41, 5.74) is 3.82. The van der Waals surface area contributed by atoms with Crippen LogP contribution in [0.1, 0.15) is 23.1 Å². The van der Waals surface area contributed by atoms with Crippen LogP contribution in [0.2, 0.25) is 0 Å². The lowest BCUT2D eigenvalue weighted by molar-refractivity contribution is 0.395. The molecule has 0 amide bonds.